The molecule has 1 unspecified atom stereocenters. The number of halogens is 2. The highest BCUT2D eigenvalue weighted by Crippen LogP contribution is 2.29. The summed E-state index contributed by atoms with van der Waals surface area (Å²) in [5, 5.41) is 0.764. The monoisotopic (exact) mass is 352 g/mol. The van der Waals surface area contributed by atoms with Crippen molar-refractivity contribution in [1.82, 2.24) is 0 Å². The summed E-state index contributed by atoms with van der Waals surface area (Å²) in [4.78, 5) is 2.22. The van der Waals surface area contributed by atoms with Crippen LogP contribution >= 0.6 is 27.5 Å². The molecule has 2 nitrogen and oxygen atoms in total. The molecule has 0 aliphatic rings. The van der Waals surface area contributed by atoms with E-state index in [0.29, 0.717) is 6.54 Å². The third kappa shape index (κ3) is 3.54. The zero-order chi connectivity index (χ0) is 14.7. The topological polar surface area (TPSA) is 29.3 Å². The number of benzene rings is 2. The first kappa shape index (κ1) is 15.4. The first-order chi connectivity index (χ1) is 9.51. The van der Waals surface area contributed by atoms with Crippen LogP contribution in [0.4, 0.5) is 5.69 Å². The number of hydrogen-bond donors (Lipinski definition) is 1. The van der Waals surface area contributed by atoms with Gasteiger partial charge in [0.25, 0.3) is 0 Å². The number of rotatable bonds is 4. The normalized spacial score (nSPS) is 12.2. The van der Waals surface area contributed by atoms with Crippen molar-refractivity contribution >= 4 is 33.2 Å². The van der Waals surface area contributed by atoms with Gasteiger partial charge >= 0.3 is 0 Å². The molecule has 2 N–H and O–H groups in total. The zero-order valence-electron chi connectivity index (χ0n) is 11.6. The van der Waals surface area contributed by atoms with Crippen molar-refractivity contribution in [2.24, 2.45) is 5.73 Å². The van der Waals surface area contributed by atoms with Crippen LogP contribution in [-0.2, 0) is 6.54 Å². The van der Waals surface area contributed by atoms with Gasteiger partial charge in [0, 0.05) is 28.8 Å². The zero-order valence-corrected chi connectivity index (χ0v) is 13.9. The minimum atomic E-state index is 0.230. The van der Waals surface area contributed by atoms with E-state index in [1.165, 1.54) is 5.56 Å². The molecule has 0 fully saturated rings. The summed E-state index contributed by atoms with van der Waals surface area (Å²) in [6.07, 6.45) is 0. The van der Waals surface area contributed by atoms with Gasteiger partial charge in [-0.2, -0.15) is 0 Å². The molecule has 0 aliphatic heterocycles. The molecule has 0 radical (unpaired) electrons. The molecular weight excluding hydrogens is 336 g/mol. The summed E-state index contributed by atoms with van der Waals surface area (Å²) in [6.45, 7) is 2.69. The van der Waals surface area contributed by atoms with E-state index in [1.54, 1.807) is 0 Å². The van der Waals surface area contributed by atoms with Gasteiger partial charge in [0.05, 0.1) is 6.04 Å². The lowest BCUT2D eigenvalue weighted by Gasteiger charge is -2.28. The number of anilines is 1. The Hall–Kier alpha value is -1.03. The molecule has 0 spiro atoms. The van der Waals surface area contributed by atoms with Crippen molar-refractivity contribution in [3.05, 3.63) is 63.1 Å². The molecule has 0 aliphatic carbocycles. The Kier molecular flexibility index (Phi) is 5.08. The predicted octanol–water partition coefficient (Wildman–Crippen LogP) is 4.76. The van der Waals surface area contributed by atoms with Gasteiger partial charge in [0.15, 0.2) is 0 Å². The van der Waals surface area contributed by atoms with Crippen LogP contribution in [0.5, 0.6) is 0 Å². The minimum absolute atomic E-state index is 0.230. The smallest absolute Gasteiger partial charge is 0.0511 e. The maximum absolute atomic E-state index is 6.07. The van der Waals surface area contributed by atoms with E-state index in [-0.39, 0.29) is 6.04 Å². The van der Waals surface area contributed by atoms with Crippen LogP contribution < -0.4 is 10.6 Å². The quantitative estimate of drug-likeness (QED) is 0.858. The Balaban J connectivity index is 2.30. The van der Waals surface area contributed by atoms with Crippen molar-refractivity contribution in [2.45, 2.75) is 19.5 Å². The van der Waals surface area contributed by atoms with Crippen LogP contribution in [0, 0.1) is 0 Å². The molecule has 106 valence electrons. The maximum atomic E-state index is 6.07. The Labute approximate surface area is 133 Å². The second kappa shape index (κ2) is 6.61. The summed E-state index contributed by atoms with van der Waals surface area (Å²) in [7, 11) is 2.08. The minimum Gasteiger partial charge on any atom is -0.368 e. The maximum Gasteiger partial charge on any atom is 0.0511 e. The van der Waals surface area contributed by atoms with Gasteiger partial charge in [-0.25, -0.2) is 0 Å². The lowest BCUT2D eigenvalue weighted by Crippen LogP contribution is -2.21. The Bertz CT molecular complexity index is 601. The van der Waals surface area contributed by atoms with Crippen molar-refractivity contribution in [1.29, 1.82) is 0 Å². The predicted molar refractivity (Wildman–Crippen MR) is 90.3 cm³/mol. The molecular formula is C16H18BrClN2. The number of hydrogen-bond acceptors (Lipinski definition) is 2. The van der Waals surface area contributed by atoms with E-state index < -0.39 is 0 Å². The molecule has 2 rings (SSSR count). The summed E-state index contributed by atoms with van der Waals surface area (Å²) < 4.78 is 1.04. The molecule has 2 aromatic rings. The van der Waals surface area contributed by atoms with Gasteiger partial charge in [-0.15, -0.1) is 0 Å². The molecule has 0 heterocycles. The lowest BCUT2D eigenvalue weighted by atomic mass is 10.1. The fourth-order valence-corrected chi connectivity index (χ4v) is 2.90. The van der Waals surface area contributed by atoms with E-state index in [4.69, 9.17) is 17.3 Å². The number of nitrogens with two attached hydrogens (primary N) is 1. The van der Waals surface area contributed by atoms with Gasteiger partial charge in [-0.05, 0) is 48.4 Å². The van der Waals surface area contributed by atoms with Gasteiger partial charge in [0.1, 0.15) is 0 Å². The first-order valence-corrected chi connectivity index (χ1v) is 7.66. The van der Waals surface area contributed by atoms with Crippen molar-refractivity contribution in [3.8, 4) is 0 Å². The molecule has 0 bridgehead atoms. The van der Waals surface area contributed by atoms with Crippen molar-refractivity contribution in [3.63, 3.8) is 0 Å². The van der Waals surface area contributed by atoms with E-state index >= 15 is 0 Å². The molecule has 1 atom stereocenters. The van der Waals surface area contributed by atoms with Crippen LogP contribution in [0.2, 0.25) is 5.02 Å². The molecule has 0 saturated carbocycles. The van der Waals surface area contributed by atoms with E-state index in [0.717, 1.165) is 20.7 Å². The van der Waals surface area contributed by atoms with Crippen LogP contribution in [0.1, 0.15) is 24.1 Å². The van der Waals surface area contributed by atoms with E-state index in [1.807, 2.05) is 24.3 Å². The fourth-order valence-electron chi connectivity index (χ4n) is 2.17. The summed E-state index contributed by atoms with van der Waals surface area (Å²) in [5.41, 5.74) is 9.17. The molecule has 2 aromatic carbocycles. The van der Waals surface area contributed by atoms with Crippen molar-refractivity contribution in [2.75, 3.05) is 11.9 Å². The SMILES string of the molecule is CC(c1cccc(Cl)c1)N(C)c1cc(Br)cc(CN)c1. The number of nitrogens with zero attached hydrogens (tertiary/aromatic N) is 1. The van der Waals surface area contributed by atoms with Crippen LogP contribution in [0.25, 0.3) is 0 Å². The van der Waals surface area contributed by atoms with Gasteiger partial charge in [-0.3, -0.25) is 0 Å². The highest BCUT2D eigenvalue weighted by atomic mass is 79.9. The highest BCUT2D eigenvalue weighted by Gasteiger charge is 2.13. The van der Waals surface area contributed by atoms with Gasteiger partial charge in [0.2, 0.25) is 0 Å². The third-order valence-corrected chi connectivity index (χ3v) is 4.19. The van der Waals surface area contributed by atoms with Crippen LogP contribution in [0.15, 0.2) is 46.9 Å². The first-order valence-electron chi connectivity index (χ1n) is 6.49. The molecule has 4 heteroatoms. The van der Waals surface area contributed by atoms with Gasteiger partial charge in [-0.1, -0.05) is 39.7 Å². The van der Waals surface area contributed by atoms with E-state index in [2.05, 4.69) is 53.0 Å². The molecule has 0 amide bonds. The summed E-state index contributed by atoms with van der Waals surface area (Å²) >= 11 is 9.61. The Morgan fingerprint density at radius 1 is 1.25 bits per heavy atom. The third-order valence-electron chi connectivity index (χ3n) is 3.50. The molecule has 0 aromatic heterocycles. The van der Waals surface area contributed by atoms with Crippen molar-refractivity contribution < 1.29 is 0 Å². The second-order valence-electron chi connectivity index (χ2n) is 4.86. The van der Waals surface area contributed by atoms with Gasteiger partial charge < -0.3 is 10.6 Å². The molecule has 0 saturated heterocycles. The standard InChI is InChI=1S/C16H18BrClN2/c1-11(13-4-3-5-15(18)8-13)20(2)16-7-12(10-19)6-14(17)9-16/h3-9,11H,10,19H2,1-2H3. The summed E-state index contributed by atoms with van der Waals surface area (Å²) in [6, 6.07) is 14.5. The Morgan fingerprint density at radius 2 is 2.00 bits per heavy atom. The lowest BCUT2D eigenvalue weighted by molar-refractivity contribution is 0.739. The average Bonchev–Trinajstić information content (AvgIpc) is 2.45. The Morgan fingerprint density at radius 3 is 2.65 bits per heavy atom. The van der Waals surface area contributed by atoms with E-state index in [9.17, 15) is 0 Å². The molecule has 20 heavy (non-hydrogen) atoms. The fraction of sp³-hybridized carbons (Fsp3) is 0.250. The summed E-state index contributed by atoms with van der Waals surface area (Å²) in [5.74, 6) is 0. The van der Waals surface area contributed by atoms with Crippen LogP contribution in [0.3, 0.4) is 0 Å². The van der Waals surface area contributed by atoms with Crippen LogP contribution in [-0.4, -0.2) is 7.05 Å². The largest absolute Gasteiger partial charge is 0.368 e. The second-order valence-corrected chi connectivity index (χ2v) is 6.22. The average molecular weight is 354 g/mol. The highest BCUT2D eigenvalue weighted by molar-refractivity contribution is 9.10.